The number of aryl methyl sites for hydroxylation is 1. The summed E-state index contributed by atoms with van der Waals surface area (Å²) >= 11 is 1.51. The van der Waals surface area contributed by atoms with E-state index in [-0.39, 0.29) is 12.5 Å². The summed E-state index contributed by atoms with van der Waals surface area (Å²) in [5, 5.41) is 23.3. The second-order valence-corrected chi connectivity index (χ2v) is 5.69. The maximum atomic E-state index is 11.9. The number of carbonyl (C=O) groups is 1. The maximum Gasteiger partial charge on any atom is 0.246 e. The molecule has 0 radical (unpaired) electrons. The molecular weight excluding hydrogens is 276 g/mol. The summed E-state index contributed by atoms with van der Waals surface area (Å²) in [6.45, 7) is 0.0421. The smallest absolute Gasteiger partial charge is 0.246 e. The van der Waals surface area contributed by atoms with Gasteiger partial charge in [-0.25, -0.2) is 4.68 Å². The van der Waals surface area contributed by atoms with Crippen LogP contribution in [0.1, 0.15) is 28.8 Å². The molecule has 2 aromatic rings. The van der Waals surface area contributed by atoms with Crippen LogP contribution in [-0.4, -0.2) is 26.1 Å². The fraction of sp³-hybridized carbons (Fsp3) is 0.417. The summed E-state index contributed by atoms with van der Waals surface area (Å²) in [4.78, 5) is 13.2. The minimum atomic E-state index is -0.229. The van der Waals surface area contributed by atoms with E-state index in [9.17, 15) is 10.1 Å². The van der Waals surface area contributed by atoms with Crippen LogP contribution in [0.5, 0.6) is 0 Å². The first-order valence-corrected chi connectivity index (χ1v) is 7.15. The lowest BCUT2D eigenvalue weighted by molar-refractivity contribution is -0.116. The van der Waals surface area contributed by atoms with Crippen molar-refractivity contribution in [3.63, 3.8) is 0 Å². The standard InChI is InChI=1S/C12H12N6OS/c13-5-9-8-3-1-2-4-10(8)20-12(9)15-11(19)6-18-7-14-16-17-18/h7H,1-4,6H2,(H,15,19). The second-order valence-electron chi connectivity index (χ2n) is 4.58. The quantitative estimate of drug-likeness (QED) is 0.913. The van der Waals surface area contributed by atoms with Gasteiger partial charge in [0.15, 0.2) is 0 Å². The maximum absolute atomic E-state index is 11.9. The van der Waals surface area contributed by atoms with Gasteiger partial charge < -0.3 is 5.32 Å². The number of tetrazole rings is 1. The highest BCUT2D eigenvalue weighted by atomic mass is 32.1. The van der Waals surface area contributed by atoms with Crippen LogP contribution in [-0.2, 0) is 24.2 Å². The van der Waals surface area contributed by atoms with Crippen molar-refractivity contribution in [2.45, 2.75) is 32.2 Å². The molecule has 3 rings (SSSR count). The highest BCUT2D eigenvalue weighted by Gasteiger charge is 2.21. The Morgan fingerprint density at radius 2 is 2.35 bits per heavy atom. The van der Waals surface area contributed by atoms with Crippen molar-refractivity contribution in [2.24, 2.45) is 0 Å². The molecule has 0 saturated carbocycles. The number of fused-ring (bicyclic) bond motifs is 1. The molecule has 1 N–H and O–H groups in total. The van der Waals surface area contributed by atoms with Gasteiger partial charge in [-0.15, -0.1) is 16.4 Å². The van der Waals surface area contributed by atoms with Crippen molar-refractivity contribution in [3.8, 4) is 6.07 Å². The summed E-state index contributed by atoms with van der Waals surface area (Å²) < 4.78 is 1.34. The third kappa shape index (κ3) is 2.40. The Kier molecular flexibility index (Phi) is 3.43. The Bertz CT molecular complexity index is 669. The Morgan fingerprint density at radius 1 is 1.50 bits per heavy atom. The Hall–Kier alpha value is -2.27. The number of nitrogens with one attached hydrogen (secondary N) is 1. The molecule has 0 unspecified atom stereocenters. The number of rotatable bonds is 3. The van der Waals surface area contributed by atoms with Gasteiger partial charge in [0.2, 0.25) is 5.91 Å². The lowest BCUT2D eigenvalue weighted by Crippen LogP contribution is -2.19. The van der Waals surface area contributed by atoms with Gasteiger partial charge >= 0.3 is 0 Å². The van der Waals surface area contributed by atoms with Crippen molar-refractivity contribution in [3.05, 3.63) is 22.3 Å². The van der Waals surface area contributed by atoms with E-state index in [1.807, 2.05) is 0 Å². The van der Waals surface area contributed by atoms with Gasteiger partial charge in [-0.3, -0.25) is 4.79 Å². The largest absolute Gasteiger partial charge is 0.315 e. The Labute approximate surface area is 119 Å². The van der Waals surface area contributed by atoms with E-state index in [0.717, 1.165) is 31.2 Å². The normalized spacial score (nSPS) is 13.6. The third-order valence-electron chi connectivity index (χ3n) is 3.23. The molecule has 0 spiro atoms. The van der Waals surface area contributed by atoms with Crippen LogP contribution in [0, 0.1) is 11.3 Å². The zero-order valence-electron chi connectivity index (χ0n) is 10.7. The highest BCUT2D eigenvalue weighted by molar-refractivity contribution is 7.16. The number of thiophene rings is 1. The van der Waals surface area contributed by atoms with E-state index in [0.29, 0.717) is 10.6 Å². The first-order chi connectivity index (χ1) is 9.78. The fourth-order valence-corrected chi connectivity index (χ4v) is 3.59. The molecule has 102 valence electrons. The second kappa shape index (κ2) is 5.38. The van der Waals surface area contributed by atoms with Crippen LogP contribution in [0.4, 0.5) is 5.00 Å². The van der Waals surface area contributed by atoms with Crippen LogP contribution in [0.3, 0.4) is 0 Å². The topological polar surface area (TPSA) is 96.5 Å². The molecule has 2 aromatic heterocycles. The number of carbonyl (C=O) groups excluding carboxylic acids is 1. The van der Waals surface area contributed by atoms with E-state index in [4.69, 9.17) is 0 Å². The van der Waals surface area contributed by atoms with E-state index >= 15 is 0 Å². The molecule has 0 atom stereocenters. The van der Waals surface area contributed by atoms with Crippen LogP contribution >= 0.6 is 11.3 Å². The van der Waals surface area contributed by atoms with Gasteiger partial charge in [-0.1, -0.05) is 0 Å². The summed E-state index contributed by atoms with van der Waals surface area (Å²) in [7, 11) is 0. The monoisotopic (exact) mass is 288 g/mol. The van der Waals surface area contributed by atoms with Crippen molar-refractivity contribution in [2.75, 3.05) is 5.32 Å². The average Bonchev–Trinajstić information content (AvgIpc) is 3.05. The molecule has 1 aliphatic rings. The van der Waals surface area contributed by atoms with Crippen molar-refractivity contribution < 1.29 is 4.79 Å². The van der Waals surface area contributed by atoms with Crippen LogP contribution in [0.15, 0.2) is 6.33 Å². The van der Waals surface area contributed by atoms with Gasteiger partial charge in [0, 0.05) is 4.88 Å². The van der Waals surface area contributed by atoms with E-state index in [1.54, 1.807) is 0 Å². The molecule has 0 bridgehead atoms. The molecule has 0 saturated heterocycles. The lowest BCUT2D eigenvalue weighted by Gasteiger charge is -2.09. The van der Waals surface area contributed by atoms with Crippen LogP contribution < -0.4 is 5.32 Å². The molecule has 0 fully saturated rings. The van der Waals surface area contributed by atoms with Crippen molar-refractivity contribution >= 4 is 22.2 Å². The molecule has 1 amide bonds. The van der Waals surface area contributed by atoms with Gasteiger partial charge in [-0.05, 0) is 41.7 Å². The van der Waals surface area contributed by atoms with Crippen molar-refractivity contribution in [1.29, 1.82) is 5.26 Å². The summed E-state index contributed by atoms with van der Waals surface area (Å²) in [5.41, 5.74) is 1.73. The van der Waals surface area contributed by atoms with E-state index in [1.165, 1.54) is 27.2 Å². The molecule has 0 aromatic carbocycles. The predicted molar refractivity (Wildman–Crippen MR) is 72.1 cm³/mol. The molecular formula is C12H12N6OS. The van der Waals surface area contributed by atoms with Gasteiger partial charge in [-0.2, -0.15) is 5.26 Å². The summed E-state index contributed by atoms with van der Waals surface area (Å²) in [6, 6.07) is 2.22. The number of hydrogen-bond donors (Lipinski definition) is 1. The molecule has 1 aliphatic carbocycles. The number of hydrogen-bond acceptors (Lipinski definition) is 6. The molecule has 7 nitrogen and oxygen atoms in total. The third-order valence-corrected chi connectivity index (χ3v) is 4.44. The molecule has 20 heavy (non-hydrogen) atoms. The lowest BCUT2D eigenvalue weighted by atomic mass is 9.96. The predicted octanol–water partition coefficient (Wildman–Crippen LogP) is 1.12. The zero-order chi connectivity index (χ0) is 13.9. The number of nitrogens with zero attached hydrogens (tertiary/aromatic N) is 5. The summed E-state index contributed by atoms with van der Waals surface area (Å²) in [6.07, 6.45) is 5.56. The first-order valence-electron chi connectivity index (χ1n) is 6.33. The Morgan fingerprint density at radius 3 is 3.10 bits per heavy atom. The summed E-state index contributed by atoms with van der Waals surface area (Å²) in [5.74, 6) is -0.229. The SMILES string of the molecule is N#Cc1c(NC(=O)Cn2cnnn2)sc2c1CCCC2. The fourth-order valence-electron chi connectivity index (χ4n) is 2.34. The minimum Gasteiger partial charge on any atom is -0.315 e. The highest BCUT2D eigenvalue weighted by Crippen LogP contribution is 2.37. The Balaban J connectivity index is 1.79. The average molecular weight is 288 g/mol. The number of amides is 1. The molecule has 0 aliphatic heterocycles. The van der Waals surface area contributed by atoms with E-state index in [2.05, 4.69) is 26.9 Å². The zero-order valence-corrected chi connectivity index (χ0v) is 11.5. The minimum absolute atomic E-state index is 0.0421. The van der Waals surface area contributed by atoms with Gasteiger partial charge in [0.1, 0.15) is 23.9 Å². The molecule has 8 heteroatoms. The van der Waals surface area contributed by atoms with Gasteiger partial charge in [0.25, 0.3) is 0 Å². The number of nitriles is 1. The molecule has 2 heterocycles. The van der Waals surface area contributed by atoms with E-state index < -0.39 is 0 Å². The number of anilines is 1. The van der Waals surface area contributed by atoms with Gasteiger partial charge in [0.05, 0.1) is 5.56 Å². The van der Waals surface area contributed by atoms with Crippen LogP contribution in [0.2, 0.25) is 0 Å². The first kappa shape index (κ1) is 12.7. The van der Waals surface area contributed by atoms with Crippen LogP contribution in [0.25, 0.3) is 0 Å². The van der Waals surface area contributed by atoms with Crippen molar-refractivity contribution in [1.82, 2.24) is 20.2 Å². The number of aromatic nitrogens is 4.